The summed E-state index contributed by atoms with van der Waals surface area (Å²) >= 11 is 0. The van der Waals surface area contributed by atoms with E-state index in [0.717, 1.165) is 29.5 Å². The summed E-state index contributed by atoms with van der Waals surface area (Å²) in [4.78, 5) is 21.4. The highest BCUT2D eigenvalue weighted by Gasteiger charge is 2.25. The number of nitrogens with zero attached hydrogens (tertiary/aromatic N) is 3. The van der Waals surface area contributed by atoms with E-state index in [4.69, 9.17) is 18.6 Å². The van der Waals surface area contributed by atoms with E-state index in [0.29, 0.717) is 45.0 Å². The van der Waals surface area contributed by atoms with Gasteiger partial charge in [0.15, 0.2) is 11.7 Å². The molecular formula is C24H28N4O4. The quantitative estimate of drug-likeness (QED) is 0.453. The van der Waals surface area contributed by atoms with E-state index in [9.17, 15) is 4.79 Å². The van der Waals surface area contributed by atoms with E-state index in [2.05, 4.69) is 10.2 Å². The normalized spacial score (nSPS) is 14.5. The van der Waals surface area contributed by atoms with Gasteiger partial charge in [-0.1, -0.05) is 12.1 Å². The number of carbonyl (C=O) groups excluding carboxylic acids is 1. The molecule has 3 heterocycles. The zero-order chi connectivity index (χ0) is 22.2. The summed E-state index contributed by atoms with van der Waals surface area (Å²) in [6.45, 7) is 3.88. The molecule has 0 radical (unpaired) electrons. The number of furan rings is 2. The second kappa shape index (κ2) is 10.6. The molecule has 1 fully saturated rings. The Morgan fingerprint density at radius 3 is 2.38 bits per heavy atom. The lowest BCUT2D eigenvalue weighted by molar-refractivity contribution is 0.0657. The first-order chi connectivity index (χ1) is 15.7. The molecule has 1 saturated heterocycles. The molecule has 1 amide bonds. The minimum absolute atomic E-state index is 0.0721. The monoisotopic (exact) mass is 436 g/mol. The number of rotatable bonds is 7. The van der Waals surface area contributed by atoms with Gasteiger partial charge in [-0.25, -0.2) is 4.99 Å². The van der Waals surface area contributed by atoms with Crippen LogP contribution in [0.1, 0.15) is 21.9 Å². The molecule has 0 aliphatic carbocycles. The molecule has 1 N–H and O–H groups in total. The van der Waals surface area contributed by atoms with Gasteiger partial charge in [0.1, 0.15) is 11.5 Å². The topological polar surface area (TPSA) is 83.5 Å². The number of guanidine groups is 1. The molecule has 0 unspecified atom stereocenters. The maximum Gasteiger partial charge on any atom is 0.289 e. The van der Waals surface area contributed by atoms with Crippen LogP contribution in [-0.4, -0.2) is 61.5 Å². The molecule has 3 aromatic rings. The van der Waals surface area contributed by atoms with E-state index in [1.807, 2.05) is 41.3 Å². The van der Waals surface area contributed by atoms with Crippen molar-refractivity contribution >= 4 is 11.9 Å². The highest BCUT2D eigenvalue weighted by molar-refractivity contribution is 5.91. The molecule has 1 aliphatic rings. The summed E-state index contributed by atoms with van der Waals surface area (Å²) in [5.41, 5.74) is 1.10. The van der Waals surface area contributed by atoms with Crippen molar-refractivity contribution in [2.75, 3.05) is 39.8 Å². The number of hydrogen-bond acceptors (Lipinski definition) is 5. The Kier molecular flexibility index (Phi) is 7.12. The van der Waals surface area contributed by atoms with Crippen LogP contribution in [-0.2, 0) is 13.0 Å². The summed E-state index contributed by atoms with van der Waals surface area (Å²) in [7, 11) is 1.66. The third-order valence-electron chi connectivity index (χ3n) is 5.40. The molecular weight excluding hydrogens is 408 g/mol. The first kappa shape index (κ1) is 21.5. The third-order valence-corrected chi connectivity index (χ3v) is 5.40. The average molecular weight is 437 g/mol. The summed E-state index contributed by atoms with van der Waals surface area (Å²) < 4.78 is 15.9. The summed E-state index contributed by atoms with van der Waals surface area (Å²) in [6, 6.07) is 15.2. The molecule has 0 bridgehead atoms. The van der Waals surface area contributed by atoms with Crippen molar-refractivity contribution in [3.63, 3.8) is 0 Å². The zero-order valence-corrected chi connectivity index (χ0v) is 18.2. The van der Waals surface area contributed by atoms with Gasteiger partial charge in [-0.3, -0.25) is 4.79 Å². The fraction of sp³-hybridized carbons (Fsp3) is 0.333. The van der Waals surface area contributed by atoms with Crippen molar-refractivity contribution < 1.29 is 18.4 Å². The van der Waals surface area contributed by atoms with Crippen LogP contribution in [0.4, 0.5) is 0 Å². The Balaban J connectivity index is 1.39. The Morgan fingerprint density at radius 1 is 1.00 bits per heavy atom. The van der Waals surface area contributed by atoms with E-state index < -0.39 is 0 Å². The molecule has 2 aromatic heterocycles. The molecule has 0 atom stereocenters. The summed E-state index contributed by atoms with van der Waals surface area (Å²) in [5.74, 6) is 2.89. The van der Waals surface area contributed by atoms with Gasteiger partial charge < -0.3 is 28.7 Å². The molecule has 32 heavy (non-hydrogen) atoms. The van der Waals surface area contributed by atoms with Crippen molar-refractivity contribution in [3.05, 3.63) is 78.1 Å². The SMILES string of the molecule is COc1ccc(CN=C(NCCc2ccco2)N2CCN(C(=O)c3ccco3)CC2)cc1. The van der Waals surface area contributed by atoms with Gasteiger partial charge in [-0.05, 0) is 42.0 Å². The minimum atomic E-state index is -0.0721. The smallest absolute Gasteiger partial charge is 0.289 e. The van der Waals surface area contributed by atoms with Crippen LogP contribution < -0.4 is 10.1 Å². The zero-order valence-electron chi connectivity index (χ0n) is 18.2. The van der Waals surface area contributed by atoms with Crippen molar-refractivity contribution in [2.45, 2.75) is 13.0 Å². The highest BCUT2D eigenvalue weighted by Crippen LogP contribution is 2.13. The Hall–Kier alpha value is -3.68. The summed E-state index contributed by atoms with van der Waals surface area (Å²) in [5, 5.41) is 3.46. The molecule has 0 saturated carbocycles. The first-order valence-corrected chi connectivity index (χ1v) is 10.7. The largest absolute Gasteiger partial charge is 0.497 e. The minimum Gasteiger partial charge on any atom is -0.497 e. The van der Waals surface area contributed by atoms with Crippen LogP contribution in [0.15, 0.2) is 74.9 Å². The van der Waals surface area contributed by atoms with Crippen molar-refractivity contribution in [2.24, 2.45) is 4.99 Å². The molecule has 4 rings (SSSR count). The average Bonchev–Trinajstić information content (AvgIpc) is 3.56. The second-order valence-corrected chi connectivity index (χ2v) is 7.50. The van der Waals surface area contributed by atoms with Crippen molar-refractivity contribution in [3.8, 4) is 5.75 Å². The summed E-state index contributed by atoms with van der Waals surface area (Å²) in [6.07, 6.45) is 3.98. The van der Waals surface area contributed by atoms with Crippen LogP contribution >= 0.6 is 0 Å². The van der Waals surface area contributed by atoms with Crippen LogP contribution in [0.25, 0.3) is 0 Å². The number of nitrogens with one attached hydrogen (secondary N) is 1. The molecule has 8 nitrogen and oxygen atoms in total. The second-order valence-electron chi connectivity index (χ2n) is 7.50. The van der Waals surface area contributed by atoms with Crippen LogP contribution in [0, 0.1) is 0 Å². The van der Waals surface area contributed by atoms with Gasteiger partial charge in [-0.15, -0.1) is 0 Å². The number of amides is 1. The Labute approximate surface area is 187 Å². The number of piperazine rings is 1. The molecule has 0 spiro atoms. The van der Waals surface area contributed by atoms with Crippen LogP contribution in [0.5, 0.6) is 5.75 Å². The predicted octanol–water partition coefficient (Wildman–Crippen LogP) is 3.03. The number of benzene rings is 1. The fourth-order valence-corrected chi connectivity index (χ4v) is 3.59. The van der Waals surface area contributed by atoms with Crippen molar-refractivity contribution in [1.29, 1.82) is 0 Å². The van der Waals surface area contributed by atoms with E-state index >= 15 is 0 Å². The molecule has 168 valence electrons. The van der Waals surface area contributed by atoms with E-state index in [-0.39, 0.29) is 5.91 Å². The molecule has 1 aliphatic heterocycles. The van der Waals surface area contributed by atoms with Crippen molar-refractivity contribution in [1.82, 2.24) is 15.1 Å². The van der Waals surface area contributed by atoms with E-state index in [1.165, 1.54) is 6.26 Å². The maximum atomic E-state index is 12.6. The Bertz CT molecular complexity index is 989. The highest BCUT2D eigenvalue weighted by atomic mass is 16.5. The van der Waals surface area contributed by atoms with Crippen LogP contribution in [0.2, 0.25) is 0 Å². The molecule has 1 aromatic carbocycles. The number of ether oxygens (including phenoxy) is 1. The lowest BCUT2D eigenvalue weighted by Gasteiger charge is -2.36. The lowest BCUT2D eigenvalue weighted by Crippen LogP contribution is -2.54. The standard InChI is InChI=1S/C24H28N4O4/c1-30-20-8-6-19(7-9-20)18-26-24(25-11-10-21-4-2-16-31-21)28-14-12-27(13-15-28)23(29)22-5-3-17-32-22/h2-9,16-17H,10-15,18H2,1H3,(H,25,26). The van der Waals surface area contributed by atoms with Gasteiger partial charge in [0.25, 0.3) is 5.91 Å². The van der Waals surface area contributed by atoms with Gasteiger partial charge in [0.05, 0.1) is 26.2 Å². The van der Waals surface area contributed by atoms with Gasteiger partial charge in [0, 0.05) is 39.1 Å². The lowest BCUT2D eigenvalue weighted by atomic mass is 10.2. The van der Waals surface area contributed by atoms with Gasteiger partial charge >= 0.3 is 0 Å². The number of hydrogen-bond donors (Lipinski definition) is 1. The van der Waals surface area contributed by atoms with E-state index in [1.54, 1.807) is 25.5 Å². The number of methoxy groups -OCH3 is 1. The maximum absolute atomic E-state index is 12.6. The predicted molar refractivity (Wildman–Crippen MR) is 121 cm³/mol. The number of carbonyl (C=O) groups is 1. The van der Waals surface area contributed by atoms with Gasteiger partial charge in [-0.2, -0.15) is 0 Å². The fourth-order valence-electron chi connectivity index (χ4n) is 3.59. The van der Waals surface area contributed by atoms with Crippen LogP contribution in [0.3, 0.4) is 0 Å². The van der Waals surface area contributed by atoms with Gasteiger partial charge in [0.2, 0.25) is 0 Å². The third kappa shape index (κ3) is 5.51. The first-order valence-electron chi connectivity index (χ1n) is 10.7. The molecule has 8 heteroatoms. The number of aliphatic imine (C=N–C) groups is 1. The Morgan fingerprint density at radius 2 is 1.72 bits per heavy atom.